The van der Waals surface area contributed by atoms with Crippen molar-refractivity contribution < 1.29 is 14.2 Å². The van der Waals surface area contributed by atoms with E-state index < -0.39 is 0 Å². The van der Waals surface area contributed by atoms with E-state index in [0.717, 1.165) is 11.4 Å². The van der Waals surface area contributed by atoms with Crippen LogP contribution in [0.1, 0.15) is 6.04 Å². The molecule has 3 heterocycles. The topological polar surface area (TPSA) is 63.3 Å². The second-order valence-electron chi connectivity index (χ2n) is 5.45. The predicted octanol–water partition coefficient (Wildman–Crippen LogP) is 2.06. The molecule has 3 aromatic rings. The monoisotopic (exact) mass is 326 g/mol. The van der Waals surface area contributed by atoms with Gasteiger partial charge in [-0.25, -0.2) is 9.67 Å². The Morgan fingerprint density at radius 2 is 1.88 bits per heavy atom. The lowest BCUT2D eigenvalue weighted by molar-refractivity contribution is -0.0902. The molecule has 124 valence electrons. The summed E-state index contributed by atoms with van der Waals surface area (Å²) < 4.78 is 20.9. The number of nitrogens with zero attached hydrogens (tertiary/aromatic N) is 4. The summed E-state index contributed by atoms with van der Waals surface area (Å²) in [4.78, 5) is 3.99. The van der Waals surface area contributed by atoms with Crippen LogP contribution in [-0.4, -0.2) is 45.4 Å². The minimum Gasteiger partial charge on any atom is -0.491 e. The summed E-state index contributed by atoms with van der Waals surface area (Å²) in [6, 6.07) is 11.7. The van der Waals surface area contributed by atoms with Crippen molar-refractivity contribution in [3.63, 3.8) is 0 Å². The molecule has 0 bridgehead atoms. The van der Waals surface area contributed by atoms with Gasteiger partial charge < -0.3 is 18.8 Å². The minimum atomic E-state index is -0.370. The molecule has 1 unspecified atom stereocenters. The number of ether oxygens (including phenoxy) is 3. The molecule has 24 heavy (non-hydrogen) atoms. The van der Waals surface area contributed by atoms with Crippen LogP contribution in [0, 0.1) is 0 Å². The van der Waals surface area contributed by atoms with E-state index in [0.29, 0.717) is 19.8 Å². The molecule has 0 saturated carbocycles. The maximum atomic E-state index is 5.92. The van der Waals surface area contributed by atoms with E-state index in [1.807, 2.05) is 53.4 Å². The molecule has 0 N–H and O–H groups in total. The van der Waals surface area contributed by atoms with Crippen molar-refractivity contribution in [2.24, 2.45) is 0 Å². The molecule has 1 saturated heterocycles. The maximum Gasteiger partial charge on any atom is 0.183 e. The first-order valence-electron chi connectivity index (χ1n) is 7.84. The van der Waals surface area contributed by atoms with Crippen LogP contribution in [0.2, 0.25) is 0 Å². The number of rotatable bonds is 6. The molecule has 1 aliphatic heterocycles. The van der Waals surface area contributed by atoms with Gasteiger partial charge in [-0.2, -0.15) is 5.10 Å². The van der Waals surface area contributed by atoms with Crippen molar-refractivity contribution in [3.05, 3.63) is 61.4 Å². The Hall–Kier alpha value is -2.64. The fourth-order valence-corrected chi connectivity index (χ4v) is 2.67. The molecular weight excluding hydrogens is 308 g/mol. The third-order valence-electron chi connectivity index (χ3n) is 3.90. The van der Waals surface area contributed by atoms with Crippen molar-refractivity contribution >= 4 is 0 Å². The molecule has 0 radical (unpaired) electrons. The van der Waals surface area contributed by atoms with Crippen LogP contribution < -0.4 is 4.74 Å². The summed E-state index contributed by atoms with van der Waals surface area (Å²) in [5.41, 5.74) is 1.09. The van der Waals surface area contributed by atoms with E-state index in [9.17, 15) is 0 Å². The average Bonchev–Trinajstić information content (AvgIpc) is 3.38. The van der Waals surface area contributed by atoms with E-state index in [2.05, 4.69) is 10.1 Å². The Kier molecular flexibility index (Phi) is 4.26. The quantitative estimate of drug-likeness (QED) is 0.694. The highest BCUT2D eigenvalue weighted by atomic mass is 16.7. The lowest BCUT2D eigenvalue weighted by Crippen LogP contribution is -2.30. The van der Waals surface area contributed by atoms with Crippen LogP contribution in [0.5, 0.6) is 5.75 Å². The first-order valence-corrected chi connectivity index (χ1v) is 7.84. The second kappa shape index (κ2) is 6.86. The summed E-state index contributed by atoms with van der Waals surface area (Å²) in [6.07, 6.45) is 6.78. The standard InChI is InChI=1S/C17H18N4O3/c1-2-8-20(7-1)14-3-5-15(6-4-14)24-11-16(17-22-9-10-23-17)21-13-18-12-19-21/h1-8,12-13,16-17H,9-11H2. The largest absolute Gasteiger partial charge is 0.491 e. The number of hydrogen-bond donors (Lipinski definition) is 0. The number of benzene rings is 1. The zero-order chi connectivity index (χ0) is 16.2. The van der Waals surface area contributed by atoms with Crippen LogP contribution in [0.25, 0.3) is 5.69 Å². The molecule has 0 amide bonds. The van der Waals surface area contributed by atoms with Gasteiger partial charge in [0.25, 0.3) is 0 Å². The highest BCUT2D eigenvalue weighted by Gasteiger charge is 2.29. The van der Waals surface area contributed by atoms with Crippen LogP contribution in [0.4, 0.5) is 0 Å². The third-order valence-corrected chi connectivity index (χ3v) is 3.90. The summed E-state index contributed by atoms with van der Waals surface area (Å²) in [6.45, 7) is 1.56. The summed E-state index contributed by atoms with van der Waals surface area (Å²) >= 11 is 0. The Labute approximate surface area is 139 Å². The SMILES string of the molecule is c1ccn(-c2ccc(OCC(C3OCCO3)n3cncn3)cc2)c1. The first kappa shape index (κ1) is 14.9. The Balaban J connectivity index is 1.44. The number of hydrogen-bond acceptors (Lipinski definition) is 5. The second-order valence-corrected chi connectivity index (χ2v) is 5.45. The average molecular weight is 326 g/mol. The van der Waals surface area contributed by atoms with E-state index in [1.54, 1.807) is 11.0 Å². The molecule has 0 aliphatic carbocycles. The normalized spacial score (nSPS) is 16.3. The van der Waals surface area contributed by atoms with Gasteiger partial charge in [-0.15, -0.1) is 0 Å². The van der Waals surface area contributed by atoms with Gasteiger partial charge in [0, 0.05) is 18.1 Å². The molecule has 4 rings (SSSR count). The smallest absolute Gasteiger partial charge is 0.183 e. The van der Waals surface area contributed by atoms with E-state index in [-0.39, 0.29) is 12.3 Å². The van der Waals surface area contributed by atoms with Gasteiger partial charge in [0.2, 0.25) is 0 Å². The van der Waals surface area contributed by atoms with E-state index in [4.69, 9.17) is 14.2 Å². The van der Waals surface area contributed by atoms with Crippen molar-refractivity contribution in [1.29, 1.82) is 0 Å². The Morgan fingerprint density at radius 3 is 2.54 bits per heavy atom. The van der Waals surface area contributed by atoms with Gasteiger partial charge in [0.05, 0.1) is 13.2 Å². The molecular formula is C17H18N4O3. The van der Waals surface area contributed by atoms with Crippen LogP contribution in [-0.2, 0) is 9.47 Å². The van der Waals surface area contributed by atoms with Crippen LogP contribution >= 0.6 is 0 Å². The van der Waals surface area contributed by atoms with Crippen LogP contribution in [0.3, 0.4) is 0 Å². The molecule has 0 spiro atoms. The Morgan fingerprint density at radius 1 is 1.12 bits per heavy atom. The molecule has 7 nitrogen and oxygen atoms in total. The van der Waals surface area contributed by atoms with Gasteiger partial charge in [-0.1, -0.05) is 0 Å². The first-order chi connectivity index (χ1) is 11.9. The van der Waals surface area contributed by atoms with Crippen LogP contribution in [0.15, 0.2) is 61.4 Å². The fraction of sp³-hybridized carbons (Fsp3) is 0.294. The fourth-order valence-electron chi connectivity index (χ4n) is 2.67. The summed E-state index contributed by atoms with van der Waals surface area (Å²) in [7, 11) is 0. The van der Waals surface area contributed by atoms with Crippen molar-refractivity contribution in [2.45, 2.75) is 12.3 Å². The van der Waals surface area contributed by atoms with Gasteiger partial charge in [-0.3, -0.25) is 0 Å². The molecule has 2 aromatic heterocycles. The van der Waals surface area contributed by atoms with Crippen molar-refractivity contribution in [1.82, 2.24) is 19.3 Å². The molecule has 7 heteroatoms. The summed E-state index contributed by atoms with van der Waals surface area (Å²) in [5, 5.41) is 4.18. The van der Waals surface area contributed by atoms with Crippen molar-refractivity contribution in [2.75, 3.05) is 19.8 Å². The highest BCUT2D eigenvalue weighted by Crippen LogP contribution is 2.22. The van der Waals surface area contributed by atoms with Gasteiger partial charge in [-0.05, 0) is 36.4 Å². The Bertz CT molecular complexity index is 735. The zero-order valence-corrected chi connectivity index (χ0v) is 13.1. The molecule has 1 fully saturated rings. The molecule has 1 atom stereocenters. The number of aromatic nitrogens is 4. The van der Waals surface area contributed by atoms with E-state index >= 15 is 0 Å². The predicted molar refractivity (Wildman–Crippen MR) is 86.0 cm³/mol. The summed E-state index contributed by atoms with van der Waals surface area (Å²) in [5.74, 6) is 0.786. The third kappa shape index (κ3) is 3.17. The minimum absolute atomic E-state index is 0.181. The molecule has 1 aliphatic rings. The zero-order valence-electron chi connectivity index (χ0n) is 13.1. The lowest BCUT2D eigenvalue weighted by atomic mass is 10.3. The van der Waals surface area contributed by atoms with E-state index in [1.165, 1.54) is 6.33 Å². The van der Waals surface area contributed by atoms with Gasteiger partial charge >= 0.3 is 0 Å². The lowest BCUT2D eigenvalue weighted by Gasteiger charge is -2.22. The van der Waals surface area contributed by atoms with Gasteiger partial charge in [0.15, 0.2) is 6.29 Å². The highest BCUT2D eigenvalue weighted by molar-refractivity contribution is 5.37. The van der Waals surface area contributed by atoms with Crippen molar-refractivity contribution in [3.8, 4) is 11.4 Å². The molecule has 1 aromatic carbocycles. The maximum absolute atomic E-state index is 5.92. The van der Waals surface area contributed by atoms with Gasteiger partial charge in [0.1, 0.15) is 31.1 Å².